The lowest BCUT2D eigenvalue weighted by atomic mass is 10.7. The molecule has 0 rings (SSSR count). The van der Waals surface area contributed by atoms with E-state index in [1.165, 1.54) is 0 Å². The van der Waals surface area contributed by atoms with Crippen molar-refractivity contribution in [3.05, 3.63) is 0 Å². The van der Waals surface area contributed by atoms with Crippen molar-refractivity contribution in [2.24, 2.45) is 0 Å². The van der Waals surface area contributed by atoms with E-state index >= 15 is 0 Å². The second-order valence-electron chi connectivity index (χ2n) is 2.06. The molecular weight excluding hydrogens is 235 g/mol. The first kappa shape index (κ1) is 12.9. The molecule has 0 aromatic carbocycles. The Morgan fingerprint density at radius 2 is 1.92 bits per heavy atom. The quantitative estimate of drug-likeness (QED) is 0.688. The molecule has 0 heterocycles. The molecule has 0 saturated heterocycles. The number of hydrogen-bond donors (Lipinski definition) is 0. The summed E-state index contributed by atoms with van der Waals surface area (Å²) in [6.45, 7) is -1.24. The second kappa shape index (κ2) is 4.45. The Balaban J connectivity index is 3.80. The zero-order chi connectivity index (χ0) is 10.7. The van der Waals surface area contributed by atoms with Crippen LogP contribution in [0, 0.1) is 0 Å². The second-order valence-corrected chi connectivity index (χ2v) is 4.68. The molecule has 0 aliphatic carbocycles. The standard InChI is InChI=1S/C4H7ClF3NO3S/c1-9(13(5,10)11)2-3-12-4(6,7)8/h2-3H2,1H3. The van der Waals surface area contributed by atoms with Crippen LogP contribution in [0.2, 0.25) is 0 Å². The molecule has 4 nitrogen and oxygen atoms in total. The number of likely N-dealkylation sites (N-methyl/N-ethyl adjacent to an activating group) is 1. The molecule has 9 heteroatoms. The molecule has 0 atom stereocenters. The smallest absolute Gasteiger partial charge is 0.291 e. The van der Waals surface area contributed by atoms with Gasteiger partial charge in [0.1, 0.15) is 0 Å². The molecule has 80 valence electrons. The highest BCUT2D eigenvalue weighted by Crippen LogP contribution is 2.15. The van der Waals surface area contributed by atoms with Gasteiger partial charge in [-0.15, -0.1) is 13.2 Å². The first-order valence-corrected chi connectivity index (χ1v) is 5.26. The van der Waals surface area contributed by atoms with Crippen molar-refractivity contribution < 1.29 is 26.3 Å². The highest BCUT2D eigenvalue weighted by atomic mass is 35.7. The van der Waals surface area contributed by atoms with Gasteiger partial charge in [-0.2, -0.15) is 12.7 Å². The van der Waals surface area contributed by atoms with E-state index in [0.29, 0.717) is 4.31 Å². The van der Waals surface area contributed by atoms with Gasteiger partial charge in [-0.3, -0.25) is 4.74 Å². The molecule has 13 heavy (non-hydrogen) atoms. The summed E-state index contributed by atoms with van der Waals surface area (Å²) in [6, 6.07) is 0. The van der Waals surface area contributed by atoms with Crippen LogP contribution in [0.4, 0.5) is 13.2 Å². The van der Waals surface area contributed by atoms with Crippen molar-refractivity contribution in [1.82, 2.24) is 4.31 Å². The Morgan fingerprint density at radius 1 is 1.46 bits per heavy atom. The molecule has 0 radical (unpaired) electrons. The van der Waals surface area contributed by atoms with Crippen molar-refractivity contribution >= 4 is 19.9 Å². The van der Waals surface area contributed by atoms with E-state index in [-0.39, 0.29) is 0 Å². The third-order valence-corrected chi connectivity index (χ3v) is 2.68. The predicted molar refractivity (Wildman–Crippen MR) is 39.4 cm³/mol. The molecular formula is C4H7ClF3NO3S. The van der Waals surface area contributed by atoms with Gasteiger partial charge in [-0.25, -0.2) is 0 Å². The van der Waals surface area contributed by atoms with E-state index in [9.17, 15) is 21.6 Å². The highest BCUT2D eigenvalue weighted by molar-refractivity contribution is 8.11. The van der Waals surface area contributed by atoms with Crippen LogP contribution < -0.4 is 0 Å². The Bertz CT molecular complexity index is 252. The minimum Gasteiger partial charge on any atom is -0.291 e. The molecule has 0 N–H and O–H groups in total. The summed E-state index contributed by atoms with van der Waals surface area (Å²) in [7, 11) is 1.88. The third-order valence-electron chi connectivity index (χ3n) is 1.04. The monoisotopic (exact) mass is 241 g/mol. The van der Waals surface area contributed by atoms with Crippen LogP contribution in [0.5, 0.6) is 0 Å². The molecule has 0 aromatic rings. The van der Waals surface area contributed by atoms with Crippen molar-refractivity contribution in [2.75, 3.05) is 20.2 Å². The number of alkyl halides is 3. The van der Waals surface area contributed by atoms with Crippen LogP contribution >= 0.6 is 10.7 Å². The summed E-state index contributed by atoms with van der Waals surface area (Å²) >= 11 is 0. The highest BCUT2D eigenvalue weighted by Gasteiger charge is 2.29. The van der Waals surface area contributed by atoms with Crippen LogP contribution in [0.1, 0.15) is 0 Å². The van der Waals surface area contributed by atoms with E-state index in [2.05, 4.69) is 4.74 Å². The minimum atomic E-state index is -4.75. The summed E-state index contributed by atoms with van der Waals surface area (Å²) in [6.07, 6.45) is -4.75. The molecule has 0 saturated carbocycles. The minimum absolute atomic E-state index is 0.453. The van der Waals surface area contributed by atoms with E-state index in [1.807, 2.05) is 0 Å². The molecule has 0 aromatic heterocycles. The van der Waals surface area contributed by atoms with Crippen molar-refractivity contribution in [3.8, 4) is 0 Å². The van der Waals surface area contributed by atoms with Crippen LogP contribution in [-0.4, -0.2) is 39.3 Å². The van der Waals surface area contributed by atoms with E-state index in [1.54, 1.807) is 0 Å². The fourth-order valence-electron chi connectivity index (χ4n) is 0.399. The summed E-state index contributed by atoms with van der Waals surface area (Å²) in [4.78, 5) is 0. The largest absolute Gasteiger partial charge is 0.522 e. The molecule has 0 amide bonds. The average Bonchev–Trinajstić information content (AvgIpc) is 1.82. The van der Waals surface area contributed by atoms with Gasteiger partial charge >= 0.3 is 6.36 Å². The van der Waals surface area contributed by atoms with Gasteiger partial charge in [-0.05, 0) is 0 Å². The first-order valence-electron chi connectivity index (χ1n) is 2.99. The topological polar surface area (TPSA) is 46.6 Å². The number of halogens is 4. The summed E-state index contributed by atoms with van der Waals surface area (Å²) < 4.78 is 58.9. The van der Waals surface area contributed by atoms with E-state index in [0.717, 1.165) is 7.05 Å². The predicted octanol–water partition coefficient (Wildman–Crippen LogP) is 0.938. The summed E-state index contributed by atoms with van der Waals surface area (Å²) in [5.74, 6) is 0. The lowest BCUT2D eigenvalue weighted by molar-refractivity contribution is -0.324. The van der Waals surface area contributed by atoms with E-state index in [4.69, 9.17) is 10.7 Å². The van der Waals surface area contributed by atoms with Gasteiger partial charge in [0.2, 0.25) is 0 Å². The Hall–Kier alpha value is -0.0500. The van der Waals surface area contributed by atoms with Gasteiger partial charge in [0, 0.05) is 24.3 Å². The molecule has 0 spiro atoms. The normalized spacial score (nSPS) is 13.7. The number of rotatable bonds is 4. The van der Waals surface area contributed by atoms with Gasteiger partial charge < -0.3 is 0 Å². The number of hydrogen-bond acceptors (Lipinski definition) is 3. The third kappa shape index (κ3) is 7.05. The lowest BCUT2D eigenvalue weighted by Gasteiger charge is -2.12. The van der Waals surface area contributed by atoms with Crippen molar-refractivity contribution in [3.63, 3.8) is 0 Å². The van der Waals surface area contributed by atoms with Gasteiger partial charge in [-0.1, -0.05) is 0 Å². The zero-order valence-corrected chi connectivity index (χ0v) is 8.08. The Labute approximate surface area is 77.8 Å². The molecule has 0 unspecified atom stereocenters. The van der Waals surface area contributed by atoms with Crippen molar-refractivity contribution in [2.45, 2.75) is 6.36 Å². The van der Waals surface area contributed by atoms with Gasteiger partial charge in [0.25, 0.3) is 9.24 Å². The maximum absolute atomic E-state index is 11.4. The SMILES string of the molecule is CN(CCOC(F)(F)F)S(=O)(=O)Cl. The molecule has 0 aliphatic rings. The lowest BCUT2D eigenvalue weighted by Crippen LogP contribution is -2.28. The zero-order valence-electron chi connectivity index (χ0n) is 6.51. The number of ether oxygens (including phenoxy) is 1. The molecule has 0 fully saturated rings. The van der Waals surface area contributed by atoms with E-state index < -0.39 is 28.8 Å². The maximum atomic E-state index is 11.4. The molecule has 0 bridgehead atoms. The first-order chi connectivity index (χ1) is 5.63. The fraction of sp³-hybridized carbons (Fsp3) is 1.00. The Kier molecular flexibility index (Phi) is 4.43. The van der Waals surface area contributed by atoms with Crippen molar-refractivity contribution in [1.29, 1.82) is 0 Å². The number of nitrogens with zero attached hydrogens (tertiary/aromatic N) is 1. The van der Waals surface area contributed by atoms with Crippen LogP contribution in [-0.2, 0) is 14.0 Å². The maximum Gasteiger partial charge on any atom is 0.522 e. The molecule has 0 aliphatic heterocycles. The summed E-state index contributed by atoms with van der Waals surface area (Å²) in [5, 5.41) is 0. The fourth-order valence-corrected chi connectivity index (χ4v) is 0.899. The van der Waals surface area contributed by atoms with Crippen LogP contribution in [0.3, 0.4) is 0 Å². The average molecular weight is 242 g/mol. The van der Waals surface area contributed by atoms with Gasteiger partial charge in [0.15, 0.2) is 0 Å². The Morgan fingerprint density at radius 3 is 2.23 bits per heavy atom. The van der Waals surface area contributed by atoms with Crippen LogP contribution in [0.25, 0.3) is 0 Å². The van der Waals surface area contributed by atoms with Gasteiger partial charge in [0.05, 0.1) is 6.61 Å². The van der Waals surface area contributed by atoms with Crippen LogP contribution in [0.15, 0.2) is 0 Å². The summed E-state index contributed by atoms with van der Waals surface area (Å²) in [5.41, 5.74) is 0.